The fraction of sp³-hybridized carbons (Fsp3) is 0.571. The number of aryl methyl sites for hydroxylation is 1. The molecule has 2 heteroatoms. The van der Waals surface area contributed by atoms with Crippen molar-refractivity contribution in [2.24, 2.45) is 5.92 Å². The van der Waals surface area contributed by atoms with Crippen LogP contribution in [0.2, 0.25) is 0 Å². The Morgan fingerprint density at radius 1 is 1.38 bits per heavy atom. The molecule has 1 N–H and O–H groups in total. The predicted molar refractivity (Wildman–Crippen MR) is 73.9 cm³/mol. The maximum absolute atomic E-state index is 3.67. The number of anilines is 1. The van der Waals surface area contributed by atoms with Gasteiger partial charge in [-0.25, -0.2) is 0 Å². The Morgan fingerprint density at radius 2 is 2.19 bits per heavy atom. The zero-order valence-electron chi connectivity index (χ0n) is 10.1. The van der Waals surface area contributed by atoms with Crippen molar-refractivity contribution in [3.8, 4) is 0 Å². The largest absolute Gasteiger partial charge is 0.381 e. The first kappa shape index (κ1) is 12.0. The molecule has 0 radical (unpaired) electrons. The van der Waals surface area contributed by atoms with Crippen LogP contribution in [0.25, 0.3) is 0 Å². The van der Waals surface area contributed by atoms with Crippen LogP contribution in [0.5, 0.6) is 0 Å². The van der Waals surface area contributed by atoms with E-state index < -0.39 is 0 Å². The van der Waals surface area contributed by atoms with Gasteiger partial charge in [-0.2, -0.15) is 0 Å². The average Bonchev–Trinajstić information content (AvgIpc) is 2.71. The Balaban J connectivity index is 2.01. The molecule has 1 aromatic rings. The third-order valence-corrected chi connectivity index (χ3v) is 4.29. The molecular weight excluding hydrogens is 262 g/mol. The highest BCUT2D eigenvalue weighted by molar-refractivity contribution is 9.10. The predicted octanol–water partition coefficient (Wildman–Crippen LogP) is 4.75. The highest BCUT2D eigenvalue weighted by Crippen LogP contribution is 2.32. The van der Waals surface area contributed by atoms with Crippen LogP contribution in [0.4, 0.5) is 5.69 Å². The summed E-state index contributed by atoms with van der Waals surface area (Å²) in [6.07, 6.45) is 5.36. The maximum atomic E-state index is 3.67. The molecule has 0 spiro atoms. The quantitative estimate of drug-likeness (QED) is 0.843. The minimum absolute atomic E-state index is 0.669. The molecule has 1 aliphatic rings. The normalized spacial score (nSPS) is 24.7. The van der Waals surface area contributed by atoms with Gasteiger partial charge in [-0.15, -0.1) is 0 Å². The van der Waals surface area contributed by atoms with E-state index in [0.717, 1.165) is 5.92 Å². The van der Waals surface area contributed by atoms with Gasteiger partial charge in [-0.05, 0) is 65.7 Å². The van der Waals surface area contributed by atoms with Crippen LogP contribution in [0.15, 0.2) is 22.7 Å². The van der Waals surface area contributed by atoms with Gasteiger partial charge in [-0.3, -0.25) is 0 Å². The van der Waals surface area contributed by atoms with Gasteiger partial charge in [0.05, 0.1) is 0 Å². The average molecular weight is 282 g/mol. The molecular formula is C14H20BrN. The molecule has 1 aliphatic carbocycles. The lowest BCUT2D eigenvalue weighted by atomic mass is 10.1. The van der Waals surface area contributed by atoms with Gasteiger partial charge in [0, 0.05) is 16.2 Å². The van der Waals surface area contributed by atoms with E-state index in [1.54, 1.807) is 0 Å². The van der Waals surface area contributed by atoms with E-state index in [2.05, 4.69) is 53.3 Å². The van der Waals surface area contributed by atoms with Gasteiger partial charge in [-0.1, -0.05) is 19.4 Å². The molecule has 1 fully saturated rings. The first-order chi connectivity index (χ1) is 7.69. The summed E-state index contributed by atoms with van der Waals surface area (Å²) in [7, 11) is 0. The molecule has 88 valence electrons. The van der Waals surface area contributed by atoms with Gasteiger partial charge in [0.2, 0.25) is 0 Å². The monoisotopic (exact) mass is 281 g/mol. The summed E-state index contributed by atoms with van der Waals surface area (Å²) in [5.74, 6) is 0.932. The van der Waals surface area contributed by atoms with E-state index in [9.17, 15) is 0 Å². The van der Waals surface area contributed by atoms with Gasteiger partial charge >= 0.3 is 0 Å². The smallest absolute Gasteiger partial charge is 0.0489 e. The molecule has 1 saturated carbocycles. The van der Waals surface area contributed by atoms with Crippen molar-refractivity contribution in [3.63, 3.8) is 0 Å². The highest BCUT2D eigenvalue weighted by Gasteiger charge is 2.23. The number of nitrogens with one attached hydrogen (secondary N) is 1. The van der Waals surface area contributed by atoms with Crippen LogP contribution < -0.4 is 5.32 Å². The molecule has 1 aromatic carbocycles. The number of rotatable bonds is 3. The molecule has 0 heterocycles. The SMILES string of the molecule is CCC1CCC(Nc2cc(C)ccc2Br)C1. The number of benzene rings is 1. The second kappa shape index (κ2) is 5.22. The van der Waals surface area contributed by atoms with Crippen LogP contribution in [0.3, 0.4) is 0 Å². The summed E-state index contributed by atoms with van der Waals surface area (Å²) in [6, 6.07) is 7.16. The number of hydrogen-bond donors (Lipinski definition) is 1. The van der Waals surface area contributed by atoms with Crippen LogP contribution in [0, 0.1) is 12.8 Å². The lowest BCUT2D eigenvalue weighted by Gasteiger charge is -2.16. The zero-order chi connectivity index (χ0) is 11.5. The van der Waals surface area contributed by atoms with E-state index in [0.29, 0.717) is 6.04 Å². The fourth-order valence-electron chi connectivity index (χ4n) is 2.55. The van der Waals surface area contributed by atoms with E-state index in [1.807, 2.05) is 0 Å². The summed E-state index contributed by atoms with van der Waals surface area (Å²) in [6.45, 7) is 4.44. The van der Waals surface area contributed by atoms with Crippen molar-refractivity contribution in [3.05, 3.63) is 28.2 Å². The minimum Gasteiger partial charge on any atom is -0.381 e. The standard InChI is InChI=1S/C14H20BrN/c1-3-11-5-6-12(9-11)16-14-8-10(2)4-7-13(14)15/h4,7-8,11-12,16H,3,5-6,9H2,1-2H3. The first-order valence-electron chi connectivity index (χ1n) is 6.21. The molecule has 0 aromatic heterocycles. The Labute approximate surface area is 107 Å². The van der Waals surface area contributed by atoms with E-state index in [-0.39, 0.29) is 0 Å². The van der Waals surface area contributed by atoms with Crippen LogP contribution in [-0.2, 0) is 0 Å². The van der Waals surface area contributed by atoms with Crippen molar-refractivity contribution in [1.82, 2.24) is 0 Å². The van der Waals surface area contributed by atoms with Crippen molar-refractivity contribution in [1.29, 1.82) is 0 Å². The summed E-state index contributed by atoms with van der Waals surface area (Å²) in [4.78, 5) is 0. The number of hydrogen-bond acceptors (Lipinski definition) is 1. The molecule has 2 atom stereocenters. The van der Waals surface area contributed by atoms with Gasteiger partial charge < -0.3 is 5.32 Å². The third kappa shape index (κ3) is 2.79. The fourth-order valence-corrected chi connectivity index (χ4v) is 2.91. The molecule has 0 aliphatic heterocycles. The van der Waals surface area contributed by atoms with Crippen molar-refractivity contribution in [2.75, 3.05) is 5.32 Å². The summed E-state index contributed by atoms with van der Waals surface area (Å²) in [5.41, 5.74) is 2.57. The first-order valence-corrected chi connectivity index (χ1v) is 7.01. The van der Waals surface area contributed by atoms with Gasteiger partial charge in [0.1, 0.15) is 0 Å². The molecule has 0 amide bonds. The lowest BCUT2D eigenvalue weighted by molar-refractivity contribution is 0.525. The molecule has 2 unspecified atom stereocenters. The Kier molecular flexibility index (Phi) is 3.91. The highest BCUT2D eigenvalue weighted by atomic mass is 79.9. The van der Waals surface area contributed by atoms with E-state index in [1.165, 1.54) is 41.4 Å². The minimum atomic E-state index is 0.669. The maximum Gasteiger partial charge on any atom is 0.0489 e. The summed E-state index contributed by atoms with van der Waals surface area (Å²) < 4.78 is 1.18. The second-order valence-corrected chi connectivity index (χ2v) is 5.77. The zero-order valence-corrected chi connectivity index (χ0v) is 11.7. The van der Waals surface area contributed by atoms with Crippen molar-refractivity contribution in [2.45, 2.75) is 45.6 Å². The summed E-state index contributed by atoms with van der Waals surface area (Å²) >= 11 is 3.61. The molecule has 2 rings (SSSR count). The van der Waals surface area contributed by atoms with E-state index in [4.69, 9.17) is 0 Å². The Hall–Kier alpha value is -0.500. The van der Waals surface area contributed by atoms with Crippen LogP contribution in [0.1, 0.15) is 38.2 Å². The van der Waals surface area contributed by atoms with Gasteiger partial charge in [0.25, 0.3) is 0 Å². The molecule has 0 saturated heterocycles. The summed E-state index contributed by atoms with van der Waals surface area (Å²) in [5, 5.41) is 3.67. The Bertz CT molecular complexity index is 362. The van der Waals surface area contributed by atoms with E-state index >= 15 is 0 Å². The van der Waals surface area contributed by atoms with Crippen LogP contribution in [-0.4, -0.2) is 6.04 Å². The van der Waals surface area contributed by atoms with Gasteiger partial charge in [0.15, 0.2) is 0 Å². The number of halogens is 1. The van der Waals surface area contributed by atoms with Crippen LogP contribution >= 0.6 is 15.9 Å². The van der Waals surface area contributed by atoms with Crippen molar-refractivity contribution < 1.29 is 0 Å². The topological polar surface area (TPSA) is 12.0 Å². The molecule has 1 nitrogen and oxygen atoms in total. The third-order valence-electron chi connectivity index (χ3n) is 3.60. The Morgan fingerprint density at radius 3 is 2.88 bits per heavy atom. The van der Waals surface area contributed by atoms with Crippen molar-refractivity contribution >= 4 is 21.6 Å². The molecule has 16 heavy (non-hydrogen) atoms. The lowest BCUT2D eigenvalue weighted by Crippen LogP contribution is -2.15. The molecule has 0 bridgehead atoms. The second-order valence-electron chi connectivity index (χ2n) is 4.91.